The molecule has 1 aliphatic heterocycles. The molecule has 1 rings (SSSR count). The molecule has 0 radical (unpaired) electrons. The Morgan fingerprint density at radius 1 is 1.75 bits per heavy atom. The lowest BCUT2D eigenvalue weighted by Crippen LogP contribution is -2.33. The van der Waals surface area contributed by atoms with Gasteiger partial charge in [0.25, 0.3) is 0 Å². The van der Waals surface area contributed by atoms with E-state index in [2.05, 4.69) is 26.9 Å². The van der Waals surface area contributed by atoms with Crippen LogP contribution in [0.5, 0.6) is 0 Å². The molecule has 46 valence electrons. The van der Waals surface area contributed by atoms with Gasteiger partial charge in [0.2, 0.25) is 0 Å². The van der Waals surface area contributed by atoms with Crippen LogP contribution in [0.2, 0.25) is 0 Å². The van der Waals surface area contributed by atoms with Crippen molar-refractivity contribution in [2.24, 2.45) is 0 Å². The number of nitrogens with zero attached hydrogens (tertiary/aromatic N) is 1. The zero-order valence-corrected chi connectivity index (χ0v) is 6.55. The van der Waals surface area contributed by atoms with E-state index >= 15 is 0 Å². The summed E-state index contributed by atoms with van der Waals surface area (Å²) in [5.74, 6) is 0. The standard InChI is InChI=1S/C3H5BrClN3/c1-8-3(5)2(4)6-7-8/h6-7H,1H3. The molecular formula is C3H5BrClN3. The minimum atomic E-state index is 0.630. The Hall–Kier alpha value is 0.0700. The van der Waals surface area contributed by atoms with E-state index in [1.165, 1.54) is 0 Å². The molecule has 0 aromatic heterocycles. The van der Waals surface area contributed by atoms with Gasteiger partial charge in [-0.15, -0.1) is 5.53 Å². The average Bonchev–Trinajstić information content (AvgIpc) is 1.98. The van der Waals surface area contributed by atoms with Gasteiger partial charge >= 0.3 is 0 Å². The molecule has 0 aromatic carbocycles. The maximum atomic E-state index is 5.65. The van der Waals surface area contributed by atoms with Gasteiger partial charge in [0.15, 0.2) is 5.16 Å². The van der Waals surface area contributed by atoms with Crippen LogP contribution in [0.1, 0.15) is 0 Å². The molecule has 3 nitrogen and oxygen atoms in total. The van der Waals surface area contributed by atoms with Crippen LogP contribution in [0, 0.1) is 0 Å². The summed E-state index contributed by atoms with van der Waals surface area (Å²) in [5, 5.41) is 2.29. The third-order valence-corrected chi connectivity index (χ3v) is 2.05. The topological polar surface area (TPSA) is 27.3 Å². The number of halogens is 2. The molecule has 2 N–H and O–H groups in total. The summed E-state index contributed by atoms with van der Waals surface area (Å²) in [4.78, 5) is 0. The van der Waals surface area contributed by atoms with E-state index in [9.17, 15) is 0 Å². The van der Waals surface area contributed by atoms with Gasteiger partial charge in [-0.3, -0.25) is 10.4 Å². The van der Waals surface area contributed by atoms with Gasteiger partial charge in [-0.1, -0.05) is 11.6 Å². The second kappa shape index (κ2) is 2.13. The fourth-order valence-electron chi connectivity index (χ4n) is 0.381. The van der Waals surface area contributed by atoms with Crippen LogP contribution in [0.4, 0.5) is 0 Å². The average molecular weight is 198 g/mol. The molecule has 0 saturated carbocycles. The highest BCUT2D eigenvalue weighted by atomic mass is 79.9. The van der Waals surface area contributed by atoms with Crippen LogP contribution in [0.15, 0.2) is 9.76 Å². The lowest BCUT2D eigenvalue weighted by molar-refractivity contribution is 0.321. The van der Waals surface area contributed by atoms with Crippen molar-refractivity contribution in [3.63, 3.8) is 0 Å². The Balaban J connectivity index is 2.71. The van der Waals surface area contributed by atoms with Gasteiger partial charge in [0, 0.05) is 7.05 Å². The van der Waals surface area contributed by atoms with Crippen molar-refractivity contribution >= 4 is 27.5 Å². The Morgan fingerprint density at radius 2 is 2.38 bits per heavy atom. The Morgan fingerprint density at radius 3 is 2.50 bits per heavy atom. The van der Waals surface area contributed by atoms with Crippen molar-refractivity contribution in [3.8, 4) is 0 Å². The SMILES string of the molecule is CN1NNC(Br)=C1Cl. The van der Waals surface area contributed by atoms with Crippen molar-refractivity contribution in [3.05, 3.63) is 9.76 Å². The van der Waals surface area contributed by atoms with Crippen molar-refractivity contribution in [1.82, 2.24) is 16.0 Å². The van der Waals surface area contributed by atoms with Crippen molar-refractivity contribution < 1.29 is 0 Å². The second-order valence-corrected chi connectivity index (χ2v) is 2.55. The first-order valence-corrected chi connectivity index (χ1v) is 3.19. The van der Waals surface area contributed by atoms with Crippen LogP contribution in [-0.2, 0) is 0 Å². The number of hydrazine groups is 2. The van der Waals surface area contributed by atoms with Gasteiger partial charge in [0.05, 0.1) is 0 Å². The van der Waals surface area contributed by atoms with E-state index in [0.29, 0.717) is 5.16 Å². The summed E-state index contributed by atoms with van der Waals surface area (Å²) in [6, 6.07) is 0. The molecule has 0 aliphatic carbocycles. The molecule has 1 heterocycles. The monoisotopic (exact) mass is 197 g/mol. The van der Waals surface area contributed by atoms with Crippen LogP contribution >= 0.6 is 27.5 Å². The molecule has 0 unspecified atom stereocenters. The normalized spacial score (nSPS) is 19.6. The molecule has 0 bridgehead atoms. The third kappa shape index (κ3) is 0.913. The maximum absolute atomic E-state index is 5.65. The molecule has 0 atom stereocenters. The summed E-state index contributed by atoms with van der Waals surface area (Å²) in [6.45, 7) is 0. The molecule has 8 heavy (non-hydrogen) atoms. The van der Waals surface area contributed by atoms with E-state index in [1.54, 1.807) is 5.01 Å². The number of hydrogen-bond donors (Lipinski definition) is 2. The molecule has 0 saturated heterocycles. The fraction of sp³-hybridized carbons (Fsp3) is 0.333. The maximum Gasteiger partial charge on any atom is 0.152 e. The summed E-state index contributed by atoms with van der Waals surface area (Å²) < 4.78 is 0.765. The summed E-state index contributed by atoms with van der Waals surface area (Å²) in [5.41, 5.74) is 5.51. The zero-order chi connectivity index (χ0) is 6.15. The van der Waals surface area contributed by atoms with Crippen LogP contribution in [0.3, 0.4) is 0 Å². The Kier molecular flexibility index (Phi) is 1.65. The van der Waals surface area contributed by atoms with E-state index in [0.717, 1.165) is 4.61 Å². The Labute approximate surface area is 60.7 Å². The predicted octanol–water partition coefficient (Wildman–Crippen LogP) is 0.701. The van der Waals surface area contributed by atoms with Gasteiger partial charge in [-0.05, 0) is 15.9 Å². The minimum absolute atomic E-state index is 0.630. The van der Waals surface area contributed by atoms with Crippen LogP contribution in [-0.4, -0.2) is 12.1 Å². The van der Waals surface area contributed by atoms with Crippen molar-refractivity contribution in [2.75, 3.05) is 7.05 Å². The highest BCUT2D eigenvalue weighted by Crippen LogP contribution is 2.17. The smallest absolute Gasteiger partial charge is 0.152 e. The molecule has 0 fully saturated rings. The molecule has 0 amide bonds. The molecule has 1 aliphatic rings. The van der Waals surface area contributed by atoms with Crippen LogP contribution in [0.25, 0.3) is 0 Å². The summed E-state index contributed by atoms with van der Waals surface area (Å²) in [7, 11) is 1.81. The van der Waals surface area contributed by atoms with E-state index in [1.807, 2.05) is 7.05 Å². The molecule has 0 aromatic rings. The summed E-state index contributed by atoms with van der Waals surface area (Å²) in [6.07, 6.45) is 0. The van der Waals surface area contributed by atoms with Gasteiger partial charge in [-0.2, -0.15) is 0 Å². The second-order valence-electron chi connectivity index (χ2n) is 1.40. The van der Waals surface area contributed by atoms with Gasteiger partial charge in [0.1, 0.15) is 4.61 Å². The highest BCUT2D eigenvalue weighted by molar-refractivity contribution is 9.11. The summed E-state index contributed by atoms with van der Waals surface area (Å²) >= 11 is 8.82. The predicted molar refractivity (Wildman–Crippen MR) is 35.8 cm³/mol. The van der Waals surface area contributed by atoms with E-state index < -0.39 is 0 Å². The first-order chi connectivity index (χ1) is 3.72. The zero-order valence-electron chi connectivity index (χ0n) is 4.20. The first kappa shape index (κ1) is 6.19. The number of nitrogens with one attached hydrogen (secondary N) is 2. The molecule has 5 heteroatoms. The van der Waals surface area contributed by atoms with Crippen LogP contribution < -0.4 is 11.0 Å². The first-order valence-electron chi connectivity index (χ1n) is 2.02. The van der Waals surface area contributed by atoms with Gasteiger partial charge in [-0.25, -0.2) is 0 Å². The number of rotatable bonds is 0. The highest BCUT2D eigenvalue weighted by Gasteiger charge is 2.12. The lowest BCUT2D eigenvalue weighted by atomic mass is 10.9. The third-order valence-electron chi connectivity index (χ3n) is 0.809. The van der Waals surface area contributed by atoms with Crippen molar-refractivity contribution in [2.45, 2.75) is 0 Å². The van der Waals surface area contributed by atoms with E-state index in [4.69, 9.17) is 11.6 Å². The quantitative estimate of drug-likeness (QED) is 0.561. The fourth-order valence-corrected chi connectivity index (χ4v) is 0.825. The molecule has 0 spiro atoms. The van der Waals surface area contributed by atoms with E-state index in [-0.39, 0.29) is 0 Å². The lowest BCUT2D eigenvalue weighted by Gasteiger charge is -2.07. The number of hydrogen-bond acceptors (Lipinski definition) is 3. The minimum Gasteiger partial charge on any atom is -0.295 e. The largest absolute Gasteiger partial charge is 0.295 e. The van der Waals surface area contributed by atoms with Gasteiger partial charge < -0.3 is 0 Å². The van der Waals surface area contributed by atoms with Crippen molar-refractivity contribution in [1.29, 1.82) is 0 Å². The Bertz CT molecular complexity index is 134. The molecular weight excluding hydrogens is 193 g/mol.